The fourth-order valence-electron chi connectivity index (χ4n) is 3.99. The van der Waals surface area contributed by atoms with Crippen LogP contribution in [-0.4, -0.2) is 16.0 Å². The Morgan fingerprint density at radius 3 is 2.72 bits per heavy atom. The van der Waals surface area contributed by atoms with Crippen LogP contribution >= 0.6 is 11.6 Å². The summed E-state index contributed by atoms with van der Waals surface area (Å²) in [5, 5.41) is 8.13. The van der Waals surface area contributed by atoms with Crippen molar-refractivity contribution in [1.82, 2.24) is 15.5 Å². The van der Waals surface area contributed by atoms with Crippen LogP contribution in [0.3, 0.4) is 0 Å². The number of nitrogens with zero attached hydrogens (tertiary/aromatic N) is 2. The van der Waals surface area contributed by atoms with Gasteiger partial charge in [-0.25, -0.2) is 0 Å². The number of aryl methyl sites for hydroxylation is 1. The lowest BCUT2D eigenvalue weighted by molar-refractivity contribution is -0.125. The highest BCUT2D eigenvalue weighted by atomic mass is 35.5. The molecule has 2 fully saturated rings. The average molecular weight is 360 g/mol. The molecule has 0 aliphatic heterocycles. The van der Waals surface area contributed by atoms with Crippen LogP contribution in [0.15, 0.2) is 28.8 Å². The van der Waals surface area contributed by atoms with Crippen molar-refractivity contribution < 1.29 is 9.32 Å². The van der Waals surface area contributed by atoms with Crippen molar-refractivity contribution in [3.8, 4) is 0 Å². The van der Waals surface area contributed by atoms with Crippen molar-refractivity contribution in [2.24, 2.45) is 5.92 Å². The standard InChI is InChI=1S/C19H22ClN3O2/c1-12-21-18(23-25-12)19(9-5-2-6-10-19)22-17(24)15-11-14(15)13-7-3-4-8-16(13)20/h3-4,7-8,14-15H,2,5-6,9-11H2,1H3,(H,22,24)/t14-,15-/m1/s1. The summed E-state index contributed by atoms with van der Waals surface area (Å²) in [6.07, 6.45) is 5.87. The van der Waals surface area contributed by atoms with Gasteiger partial charge in [0.05, 0.1) is 0 Å². The molecule has 1 aromatic carbocycles. The van der Waals surface area contributed by atoms with Gasteiger partial charge < -0.3 is 9.84 Å². The summed E-state index contributed by atoms with van der Waals surface area (Å²) in [4.78, 5) is 17.3. The summed E-state index contributed by atoms with van der Waals surface area (Å²) in [6, 6.07) is 7.78. The number of hydrogen-bond donors (Lipinski definition) is 1. The minimum absolute atomic E-state index is 0.0216. The Hall–Kier alpha value is -1.88. The summed E-state index contributed by atoms with van der Waals surface area (Å²) in [6.45, 7) is 1.78. The third kappa shape index (κ3) is 3.17. The van der Waals surface area contributed by atoms with Crippen LogP contribution in [0.25, 0.3) is 0 Å². The predicted molar refractivity (Wildman–Crippen MR) is 94.2 cm³/mol. The fraction of sp³-hybridized carbons (Fsp3) is 0.526. The topological polar surface area (TPSA) is 68.0 Å². The first-order chi connectivity index (χ1) is 12.1. The average Bonchev–Trinajstić information content (AvgIpc) is 3.29. The van der Waals surface area contributed by atoms with E-state index in [1.165, 1.54) is 6.42 Å². The van der Waals surface area contributed by atoms with Gasteiger partial charge in [-0.1, -0.05) is 54.2 Å². The molecule has 0 radical (unpaired) electrons. The monoisotopic (exact) mass is 359 g/mol. The minimum atomic E-state index is -0.485. The first-order valence-electron chi connectivity index (χ1n) is 8.96. The molecule has 4 rings (SSSR count). The van der Waals surface area contributed by atoms with Crippen molar-refractivity contribution in [1.29, 1.82) is 0 Å². The minimum Gasteiger partial charge on any atom is -0.343 e. The summed E-state index contributed by atoms with van der Waals surface area (Å²) >= 11 is 6.28. The molecule has 6 heteroatoms. The number of carbonyl (C=O) groups excluding carboxylic acids is 1. The molecule has 2 aromatic rings. The van der Waals surface area contributed by atoms with E-state index in [0.29, 0.717) is 11.7 Å². The van der Waals surface area contributed by atoms with Crippen LogP contribution in [-0.2, 0) is 10.3 Å². The Balaban J connectivity index is 1.51. The number of rotatable bonds is 4. The number of halogens is 1. The van der Waals surface area contributed by atoms with E-state index in [2.05, 4.69) is 15.5 Å². The number of hydrogen-bond acceptors (Lipinski definition) is 4. The molecule has 1 heterocycles. The zero-order valence-electron chi connectivity index (χ0n) is 14.3. The number of amides is 1. The lowest BCUT2D eigenvalue weighted by atomic mass is 9.80. The summed E-state index contributed by atoms with van der Waals surface area (Å²) in [7, 11) is 0. The molecule has 0 saturated heterocycles. The van der Waals surface area contributed by atoms with Gasteiger partial charge in [0.2, 0.25) is 11.8 Å². The van der Waals surface area contributed by atoms with E-state index in [-0.39, 0.29) is 17.7 Å². The molecule has 2 atom stereocenters. The maximum absolute atomic E-state index is 12.9. The van der Waals surface area contributed by atoms with Gasteiger partial charge in [-0.15, -0.1) is 0 Å². The number of benzene rings is 1. The van der Waals surface area contributed by atoms with E-state index >= 15 is 0 Å². The summed E-state index contributed by atoms with van der Waals surface area (Å²) < 4.78 is 5.18. The second-order valence-corrected chi connectivity index (χ2v) is 7.65. The van der Waals surface area contributed by atoms with E-state index in [0.717, 1.165) is 42.7 Å². The molecule has 0 bridgehead atoms. The Morgan fingerprint density at radius 1 is 1.28 bits per heavy atom. The van der Waals surface area contributed by atoms with Gasteiger partial charge in [-0.2, -0.15) is 4.98 Å². The van der Waals surface area contributed by atoms with Crippen molar-refractivity contribution in [3.63, 3.8) is 0 Å². The lowest BCUT2D eigenvalue weighted by Gasteiger charge is -2.35. The molecule has 2 aliphatic rings. The van der Waals surface area contributed by atoms with Gasteiger partial charge in [-0.05, 0) is 36.8 Å². The Kier molecular flexibility index (Phi) is 4.28. The van der Waals surface area contributed by atoms with Crippen LogP contribution in [0.2, 0.25) is 5.02 Å². The van der Waals surface area contributed by atoms with Gasteiger partial charge in [0.25, 0.3) is 0 Å². The van der Waals surface area contributed by atoms with Crippen molar-refractivity contribution >= 4 is 17.5 Å². The van der Waals surface area contributed by atoms with Gasteiger partial charge >= 0.3 is 0 Å². The van der Waals surface area contributed by atoms with Crippen LogP contribution < -0.4 is 5.32 Å². The molecule has 2 saturated carbocycles. The smallest absolute Gasteiger partial charge is 0.224 e. The van der Waals surface area contributed by atoms with Gasteiger partial charge in [0.15, 0.2) is 5.82 Å². The molecular formula is C19H22ClN3O2. The zero-order valence-corrected chi connectivity index (χ0v) is 15.1. The Morgan fingerprint density at radius 2 is 2.04 bits per heavy atom. The maximum atomic E-state index is 12.9. The molecule has 5 nitrogen and oxygen atoms in total. The Labute approximate surface area is 152 Å². The third-order valence-electron chi connectivity index (χ3n) is 5.46. The van der Waals surface area contributed by atoms with Gasteiger partial charge in [-0.3, -0.25) is 4.79 Å². The molecule has 0 unspecified atom stereocenters. The predicted octanol–water partition coefficient (Wildman–Crippen LogP) is 4.11. The molecule has 0 spiro atoms. The lowest BCUT2D eigenvalue weighted by Crippen LogP contribution is -2.48. The normalized spacial score (nSPS) is 24.7. The van der Waals surface area contributed by atoms with E-state index in [1.54, 1.807) is 6.92 Å². The van der Waals surface area contributed by atoms with E-state index in [9.17, 15) is 4.79 Å². The summed E-state index contributed by atoms with van der Waals surface area (Å²) in [5.74, 6) is 1.42. The van der Waals surface area contributed by atoms with Crippen LogP contribution in [0.4, 0.5) is 0 Å². The van der Waals surface area contributed by atoms with E-state index < -0.39 is 5.54 Å². The SMILES string of the molecule is Cc1nc(C2(NC(=O)[C@@H]3C[C@@H]3c3ccccc3Cl)CCCCC2)no1. The number of carbonyl (C=O) groups is 1. The highest BCUT2D eigenvalue weighted by molar-refractivity contribution is 6.31. The highest BCUT2D eigenvalue weighted by Crippen LogP contribution is 2.50. The molecule has 1 aromatic heterocycles. The zero-order chi connectivity index (χ0) is 17.4. The molecule has 1 amide bonds. The maximum Gasteiger partial charge on any atom is 0.224 e. The summed E-state index contributed by atoms with van der Waals surface area (Å²) in [5.41, 5.74) is 0.582. The highest BCUT2D eigenvalue weighted by Gasteiger charge is 2.48. The van der Waals surface area contributed by atoms with Gasteiger partial charge in [0, 0.05) is 17.9 Å². The van der Waals surface area contributed by atoms with Crippen LogP contribution in [0.1, 0.15) is 61.7 Å². The molecule has 1 N–H and O–H groups in total. The third-order valence-corrected chi connectivity index (χ3v) is 5.80. The fourth-order valence-corrected chi connectivity index (χ4v) is 4.26. The number of nitrogens with one attached hydrogen (secondary N) is 1. The Bertz CT molecular complexity index is 782. The quantitative estimate of drug-likeness (QED) is 0.891. The van der Waals surface area contributed by atoms with Crippen LogP contribution in [0, 0.1) is 12.8 Å². The molecule has 2 aliphatic carbocycles. The largest absolute Gasteiger partial charge is 0.343 e. The first kappa shape index (κ1) is 16.6. The number of aromatic nitrogens is 2. The molecular weight excluding hydrogens is 338 g/mol. The molecule has 25 heavy (non-hydrogen) atoms. The van der Waals surface area contributed by atoms with Gasteiger partial charge in [0.1, 0.15) is 5.54 Å². The second kappa shape index (κ2) is 6.45. The van der Waals surface area contributed by atoms with E-state index in [1.807, 2.05) is 24.3 Å². The second-order valence-electron chi connectivity index (χ2n) is 7.24. The van der Waals surface area contributed by atoms with Crippen molar-refractivity contribution in [2.75, 3.05) is 0 Å². The van der Waals surface area contributed by atoms with E-state index in [4.69, 9.17) is 16.1 Å². The first-order valence-corrected chi connectivity index (χ1v) is 9.34. The van der Waals surface area contributed by atoms with Crippen LogP contribution in [0.5, 0.6) is 0 Å². The van der Waals surface area contributed by atoms with Crippen molar-refractivity contribution in [2.45, 2.75) is 56.9 Å². The van der Waals surface area contributed by atoms with Crippen molar-refractivity contribution in [3.05, 3.63) is 46.6 Å². The molecule has 132 valence electrons.